The van der Waals surface area contributed by atoms with Crippen LogP contribution in [0.3, 0.4) is 0 Å². The number of hydrogen-bond acceptors (Lipinski definition) is 5. The normalized spacial score (nSPS) is 16.6. The first-order valence-corrected chi connectivity index (χ1v) is 9.62. The molecular formula is C12H19N3O5S2. The van der Waals surface area contributed by atoms with Gasteiger partial charge in [0.2, 0.25) is 10.0 Å². The summed E-state index contributed by atoms with van der Waals surface area (Å²) >= 11 is 0. The van der Waals surface area contributed by atoms with Crippen LogP contribution in [0.15, 0.2) is 23.1 Å². The smallest absolute Gasteiger partial charge is 0.298 e. The summed E-state index contributed by atoms with van der Waals surface area (Å²) in [5.74, 6) is 0.235. The summed E-state index contributed by atoms with van der Waals surface area (Å²) in [4.78, 5) is 0.0315. The maximum atomic E-state index is 12.5. The molecule has 0 aromatic heterocycles. The average molecular weight is 349 g/mol. The second-order valence-corrected chi connectivity index (χ2v) is 8.34. The minimum absolute atomic E-state index is 0.0315. The topological polar surface area (TPSA) is 105 Å². The lowest BCUT2D eigenvalue weighted by molar-refractivity contribution is 0.416. The van der Waals surface area contributed by atoms with Gasteiger partial charge in [0.25, 0.3) is 10.2 Å². The molecule has 1 aromatic carbocycles. The van der Waals surface area contributed by atoms with Crippen molar-refractivity contribution in [2.75, 3.05) is 32.0 Å². The molecule has 0 aliphatic carbocycles. The van der Waals surface area contributed by atoms with E-state index in [1.807, 2.05) is 0 Å². The molecule has 0 bridgehead atoms. The fourth-order valence-corrected chi connectivity index (χ4v) is 4.30. The van der Waals surface area contributed by atoms with Crippen molar-refractivity contribution in [3.63, 3.8) is 0 Å². The lowest BCUT2D eigenvalue weighted by atomic mass is 10.3. The summed E-state index contributed by atoms with van der Waals surface area (Å²) in [5.41, 5.74) is 0.0668. The molecule has 1 aromatic rings. The van der Waals surface area contributed by atoms with Gasteiger partial charge in [0, 0.05) is 20.1 Å². The van der Waals surface area contributed by atoms with E-state index in [2.05, 4.69) is 9.44 Å². The minimum atomic E-state index is -3.77. The van der Waals surface area contributed by atoms with Crippen molar-refractivity contribution in [1.82, 2.24) is 9.03 Å². The fraction of sp³-hybridized carbons (Fsp3) is 0.500. The van der Waals surface area contributed by atoms with Crippen LogP contribution in [0.1, 0.15) is 12.8 Å². The number of hydrogen-bond donors (Lipinski definition) is 2. The van der Waals surface area contributed by atoms with Gasteiger partial charge in [-0.3, -0.25) is 4.72 Å². The molecule has 1 saturated heterocycles. The van der Waals surface area contributed by atoms with Crippen LogP contribution < -0.4 is 14.2 Å². The number of nitrogens with one attached hydrogen (secondary N) is 2. The molecular weight excluding hydrogens is 330 g/mol. The van der Waals surface area contributed by atoms with Gasteiger partial charge in [-0.25, -0.2) is 13.1 Å². The Morgan fingerprint density at radius 2 is 1.77 bits per heavy atom. The Hall–Kier alpha value is -1.36. The molecule has 10 heteroatoms. The number of benzene rings is 1. The van der Waals surface area contributed by atoms with E-state index < -0.39 is 20.2 Å². The van der Waals surface area contributed by atoms with Crippen molar-refractivity contribution in [3.05, 3.63) is 18.2 Å². The monoisotopic (exact) mass is 349 g/mol. The highest BCUT2D eigenvalue weighted by Crippen LogP contribution is 2.30. The van der Waals surface area contributed by atoms with Gasteiger partial charge >= 0.3 is 0 Å². The molecule has 0 saturated carbocycles. The highest BCUT2D eigenvalue weighted by molar-refractivity contribution is 7.90. The number of methoxy groups -OCH3 is 1. The summed E-state index contributed by atoms with van der Waals surface area (Å²) in [6.45, 7) is 0.956. The van der Waals surface area contributed by atoms with E-state index in [1.165, 1.54) is 36.7 Å². The Balaban J connectivity index is 2.42. The predicted molar refractivity (Wildman–Crippen MR) is 82.6 cm³/mol. The van der Waals surface area contributed by atoms with Crippen LogP contribution >= 0.6 is 0 Å². The second kappa shape index (κ2) is 6.41. The molecule has 0 spiro atoms. The number of nitrogens with zero attached hydrogens (tertiary/aromatic N) is 1. The summed E-state index contributed by atoms with van der Waals surface area (Å²) in [6, 6.07) is 4.10. The molecule has 1 fully saturated rings. The standard InChI is InChI=1S/C12H19N3O5S2/c1-13-22(18,19)14-11-9-10(5-6-12(11)20-2)21(16,17)15-7-3-4-8-15/h5-6,9,13-14H,3-4,7-8H2,1-2H3. The van der Waals surface area contributed by atoms with Crippen molar-refractivity contribution < 1.29 is 21.6 Å². The van der Waals surface area contributed by atoms with E-state index in [9.17, 15) is 16.8 Å². The van der Waals surface area contributed by atoms with Crippen LogP contribution in [0.4, 0.5) is 5.69 Å². The predicted octanol–water partition coefficient (Wildman–Crippen LogP) is 0.356. The molecule has 0 atom stereocenters. The first-order chi connectivity index (χ1) is 10.3. The van der Waals surface area contributed by atoms with Crippen molar-refractivity contribution in [1.29, 1.82) is 0 Å². The molecule has 1 aliphatic rings. The lowest BCUT2D eigenvalue weighted by Gasteiger charge is -2.17. The number of sulfonamides is 1. The van der Waals surface area contributed by atoms with Crippen LogP contribution in [-0.2, 0) is 20.2 Å². The Bertz CT molecular complexity index is 740. The van der Waals surface area contributed by atoms with Gasteiger partial charge in [-0.2, -0.15) is 12.7 Å². The van der Waals surface area contributed by atoms with Crippen molar-refractivity contribution in [2.24, 2.45) is 0 Å². The van der Waals surface area contributed by atoms with Crippen molar-refractivity contribution in [3.8, 4) is 5.75 Å². The van der Waals surface area contributed by atoms with Gasteiger partial charge in [0.15, 0.2) is 0 Å². The maximum Gasteiger partial charge on any atom is 0.298 e. The SMILES string of the molecule is CNS(=O)(=O)Nc1cc(S(=O)(=O)N2CCCC2)ccc1OC. The molecule has 0 amide bonds. The summed E-state index contributed by atoms with van der Waals surface area (Å²) < 4.78 is 59.1. The number of anilines is 1. The van der Waals surface area contributed by atoms with Gasteiger partial charge in [-0.05, 0) is 31.0 Å². The summed E-state index contributed by atoms with van der Waals surface area (Å²) in [7, 11) is -4.78. The van der Waals surface area contributed by atoms with Crippen LogP contribution in [0.25, 0.3) is 0 Å². The second-order valence-electron chi connectivity index (χ2n) is 4.78. The van der Waals surface area contributed by atoms with Gasteiger partial charge in [-0.15, -0.1) is 0 Å². The quantitative estimate of drug-likeness (QED) is 0.771. The molecule has 0 radical (unpaired) electrons. The third-order valence-electron chi connectivity index (χ3n) is 3.39. The zero-order chi connectivity index (χ0) is 16.4. The van der Waals surface area contributed by atoms with Crippen molar-refractivity contribution >= 4 is 25.9 Å². The Morgan fingerprint density at radius 3 is 2.32 bits per heavy atom. The molecule has 22 heavy (non-hydrogen) atoms. The lowest BCUT2D eigenvalue weighted by Crippen LogP contribution is -2.29. The zero-order valence-corrected chi connectivity index (χ0v) is 14.0. The number of rotatable bonds is 6. The van der Waals surface area contributed by atoms with E-state index >= 15 is 0 Å². The largest absolute Gasteiger partial charge is 0.495 e. The van der Waals surface area contributed by atoms with Crippen LogP contribution in [0.2, 0.25) is 0 Å². The van der Waals surface area contributed by atoms with Gasteiger partial charge < -0.3 is 4.74 Å². The first-order valence-electron chi connectivity index (χ1n) is 6.69. The van der Waals surface area contributed by atoms with Crippen LogP contribution in [0.5, 0.6) is 5.75 Å². The van der Waals surface area contributed by atoms with E-state index in [0.717, 1.165) is 12.8 Å². The highest BCUT2D eigenvalue weighted by Gasteiger charge is 2.28. The average Bonchev–Trinajstić information content (AvgIpc) is 3.01. The zero-order valence-electron chi connectivity index (χ0n) is 12.4. The summed E-state index contributed by atoms with van der Waals surface area (Å²) in [6.07, 6.45) is 1.66. The van der Waals surface area contributed by atoms with Crippen molar-refractivity contribution in [2.45, 2.75) is 17.7 Å². The molecule has 124 valence electrons. The Kier molecular flexibility index (Phi) is 4.95. The third kappa shape index (κ3) is 3.51. The van der Waals surface area contributed by atoms with Gasteiger partial charge in [-0.1, -0.05) is 0 Å². The molecule has 1 aliphatic heterocycles. The van der Waals surface area contributed by atoms with E-state index in [1.54, 1.807) is 0 Å². The Labute approximate surface area is 130 Å². The molecule has 1 heterocycles. The van der Waals surface area contributed by atoms with Crippen LogP contribution in [0, 0.1) is 0 Å². The fourth-order valence-electron chi connectivity index (χ4n) is 2.20. The molecule has 2 rings (SSSR count). The molecule has 8 nitrogen and oxygen atoms in total. The first kappa shape index (κ1) is 17.0. The molecule has 0 unspecified atom stereocenters. The minimum Gasteiger partial charge on any atom is -0.495 e. The highest BCUT2D eigenvalue weighted by atomic mass is 32.2. The Morgan fingerprint density at radius 1 is 1.14 bits per heavy atom. The number of ether oxygens (including phenoxy) is 1. The molecule has 2 N–H and O–H groups in total. The maximum absolute atomic E-state index is 12.5. The summed E-state index contributed by atoms with van der Waals surface area (Å²) in [5, 5.41) is 0. The van der Waals surface area contributed by atoms with E-state index in [4.69, 9.17) is 4.74 Å². The van der Waals surface area contributed by atoms with Gasteiger partial charge in [0.05, 0.1) is 17.7 Å². The van der Waals surface area contributed by atoms with E-state index in [0.29, 0.717) is 13.1 Å². The van der Waals surface area contributed by atoms with Crippen LogP contribution in [-0.4, -0.2) is 48.4 Å². The third-order valence-corrected chi connectivity index (χ3v) is 6.31. The van der Waals surface area contributed by atoms with Gasteiger partial charge in [0.1, 0.15) is 5.75 Å². The van der Waals surface area contributed by atoms with E-state index in [-0.39, 0.29) is 16.3 Å².